The molecule has 0 saturated carbocycles. The molecule has 7 N–H and O–H groups in total. The molecule has 0 fully saturated rings. The lowest BCUT2D eigenvalue weighted by atomic mass is 9.98. The molecule has 8 heteroatoms. The molecule has 0 aliphatic rings. The lowest BCUT2D eigenvalue weighted by molar-refractivity contribution is 0.307. The average molecular weight is 412 g/mol. The number of hydrogen-bond acceptors (Lipinski definition) is 6. The third kappa shape index (κ3) is 4.45. The predicted octanol–water partition coefficient (Wildman–Crippen LogP) is 3.18. The number of anilines is 1. The number of aliphatic hydroxyl groups excluding tert-OH is 1. The van der Waals surface area contributed by atoms with Gasteiger partial charge in [-0.15, -0.1) is 0 Å². The highest BCUT2D eigenvalue weighted by Gasteiger charge is 2.20. The number of hydrogen-bond donors (Lipinski definition) is 6. The number of aromatic nitrogens is 1. The maximum absolute atomic E-state index is 10.3. The van der Waals surface area contributed by atoms with E-state index in [1.807, 2.05) is 44.3 Å². The molecule has 1 heterocycles. The number of nitrogens with zero attached hydrogens (tertiary/aromatic N) is 2. The minimum atomic E-state index is -0.425. The Morgan fingerprint density at radius 2 is 1.83 bits per heavy atom. The maximum Gasteiger partial charge on any atom is 0.138 e. The molecule has 3 rings (SSSR count). The molecular weight excluding hydrogens is 382 g/mol. The Hall–Kier alpha value is -3.36. The molecule has 0 radical (unpaired) electrons. The quantitative estimate of drug-likeness (QED) is 0.210. The van der Waals surface area contributed by atoms with Gasteiger partial charge in [0.25, 0.3) is 0 Å². The van der Waals surface area contributed by atoms with Crippen LogP contribution in [-0.4, -0.2) is 45.7 Å². The Morgan fingerprint density at radius 3 is 2.43 bits per heavy atom. The number of nitrogens with two attached hydrogens (primary N) is 1. The number of phenols is 2. The van der Waals surface area contributed by atoms with Gasteiger partial charge in [0.05, 0.1) is 5.56 Å². The summed E-state index contributed by atoms with van der Waals surface area (Å²) in [7, 11) is 0. The molecule has 0 unspecified atom stereocenters. The van der Waals surface area contributed by atoms with Crippen LogP contribution in [0.2, 0.25) is 0 Å². The number of nitrogens with one attached hydrogen (secondary N) is 2. The Bertz CT molecular complexity index is 1030. The second-order valence-electron chi connectivity index (χ2n) is 7.04. The molecule has 0 aliphatic carbocycles. The minimum Gasteiger partial charge on any atom is -0.508 e. The highest BCUT2D eigenvalue weighted by Crippen LogP contribution is 2.34. The van der Waals surface area contributed by atoms with Crippen LogP contribution in [0.1, 0.15) is 30.9 Å². The molecule has 8 nitrogen and oxygen atoms in total. The van der Waals surface area contributed by atoms with Crippen LogP contribution in [-0.2, 0) is 6.54 Å². The van der Waals surface area contributed by atoms with E-state index in [9.17, 15) is 15.3 Å². The van der Waals surface area contributed by atoms with E-state index in [0.717, 1.165) is 10.9 Å². The fraction of sp³-hybridized carbons (Fsp3) is 0.273. The van der Waals surface area contributed by atoms with E-state index in [2.05, 4.69) is 11.3 Å². The summed E-state index contributed by atoms with van der Waals surface area (Å²) in [6.45, 7) is 7.16. The largest absolute Gasteiger partial charge is 0.508 e. The first kappa shape index (κ1) is 22.9. The average Bonchev–Trinajstić information content (AvgIpc) is 3.12. The van der Waals surface area contributed by atoms with E-state index in [1.165, 1.54) is 11.0 Å². The van der Waals surface area contributed by atoms with Gasteiger partial charge >= 0.3 is 0 Å². The van der Waals surface area contributed by atoms with Crippen LogP contribution in [0.3, 0.4) is 0 Å². The van der Waals surface area contributed by atoms with Crippen molar-refractivity contribution in [2.24, 2.45) is 5.73 Å². The maximum atomic E-state index is 10.3. The lowest BCUT2D eigenvalue weighted by Crippen LogP contribution is -2.32. The third-order valence-corrected chi connectivity index (χ3v) is 4.87. The highest BCUT2D eigenvalue weighted by atomic mass is 16.3. The van der Waals surface area contributed by atoms with Gasteiger partial charge in [0.1, 0.15) is 24.1 Å². The zero-order chi connectivity index (χ0) is 22.4. The summed E-state index contributed by atoms with van der Waals surface area (Å²) in [5.41, 5.74) is 8.17. The Kier molecular flexibility index (Phi) is 7.57. The molecule has 2 aromatic carbocycles. The van der Waals surface area contributed by atoms with E-state index in [0.29, 0.717) is 24.3 Å². The normalized spacial score (nSPS) is 10.7. The van der Waals surface area contributed by atoms with Gasteiger partial charge in [0.2, 0.25) is 0 Å². The van der Waals surface area contributed by atoms with Gasteiger partial charge in [-0.2, -0.15) is 0 Å². The predicted molar refractivity (Wildman–Crippen MR) is 121 cm³/mol. The summed E-state index contributed by atoms with van der Waals surface area (Å²) >= 11 is 0. The molecule has 0 aliphatic heterocycles. The number of aliphatic hydroxyl groups is 1. The summed E-state index contributed by atoms with van der Waals surface area (Å²) in [5, 5.41) is 45.3. The fourth-order valence-electron chi connectivity index (χ4n) is 3.36. The molecule has 0 saturated heterocycles. The second kappa shape index (κ2) is 9.91. The van der Waals surface area contributed by atoms with Crippen molar-refractivity contribution >= 4 is 29.1 Å². The fourth-order valence-corrected chi connectivity index (χ4v) is 3.36. The van der Waals surface area contributed by atoms with Gasteiger partial charge in [0, 0.05) is 41.9 Å². The van der Waals surface area contributed by atoms with Crippen LogP contribution >= 0.6 is 0 Å². The number of aromatic hydroxyl groups is 2. The van der Waals surface area contributed by atoms with E-state index >= 15 is 0 Å². The Labute approximate surface area is 175 Å². The van der Waals surface area contributed by atoms with Crippen molar-refractivity contribution in [3.8, 4) is 11.5 Å². The number of rotatable bonds is 6. The molecule has 0 spiro atoms. The molecule has 30 heavy (non-hydrogen) atoms. The van der Waals surface area contributed by atoms with Crippen molar-refractivity contribution in [2.45, 2.75) is 26.3 Å². The molecule has 1 aromatic heterocycles. The number of fused-ring (bicyclic) bond motifs is 1. The number of benzene rings is 2. The van der Waals surface area contributed by atoms with Crippen molar-refractivity contribution < 1.29 is 15.3 Å². The molecule has 0 bridgehead atoms. The van der Waals surface area contributed by atoms with Crippen molar-refractivity contribution in [3.05, 3.63) is 53.7 Å². The summed E-state index contributed by atoms with van der Waals surface area (Å²) in [6.07, 6.45) is 1.95. The third-order valence-electron chi connectivity index (χ3n) is 4.87. The molecule has 160 valence electrons. The number of amidine groups is 1. The highest BCUT2D eigenvalue weighted by molar-refractivity contribution is 6.10. The van der Waals surface area contributed by atoms with E-state index in [-0.39, 0.29) is 28.8 Å². The van der Waals surface area contributed by atoms with Gasteiger partial charge in [-0.25, -0.2) is 0 Å². The van der Waals surface area contributed by atoms with Crippen LogP contribution in [0.4, 0.5) is 5.69 Å². The van der Waals surface area contributed by atoms with Crippen molar-refractivity contribution in [1.29, 1.82) is 10.8 Å². The van der Waals surface area contributed by atoms with Gasteiger partial charge in [0.15, 0.2) is 0 Å². The van der Waals surface area contributed by atoms with Crippen LogP contribution in [0, 0.1) is 10.8 Å². The van der Waals surface area contributed by atoms with Crippen LogP contribution in [0.15, 0.2) is 42.6 Å². The van der Waals surface area contributed by atoms with Gasteiger partial charge in [-0.1, -0.05) is 13.8 Å². The zero-order valence-electron chi connectivity index (χ0n) is 17.3. The first-order valence-corrected chi connectivity index (χ1v) is 9.54. The van der Waals surface area contributed by atoms with E-state index < -0.39 is 6.73 Å². The smallest absolute Gasteiger partial charge is 0.138 e. The first-order valence-electron chi connectivity index (χ1n) is 9.54. The van der Waals surface area contributed by atoms with Crippen molar-refractivity contribution in [1.82, 2.24) is 4.57 Å². The topological polar surface area (TPSA) is 143 Å². The standard InChI is InChI=1S/C21H26N4O3.CH3N/c1-13(2)16-10-17(20(28)11-19(16)27)21(23)25(12-26)15-3-4-18-14(9-15)5-7-24(18)8-6-22;1-2/h3-5,7,9-11,13,23,26-28H,6,8,12,22H2,1-2H3;2H,1H2. The molecular formula is C22H29N5O3. The monoisotopic (exact) mass is 411 g/mol. The zero-order valence-corrected chi connectivity index (χ0v) is 17.3. The summed E-state index contributed by atoms with van der Waals surface area (Å²) in [6, 6.07) is 10.4. The lowest BCUT2D eigenvalue weighted by Gasteiger charge is -2.24. The minimum absolute atomic E-state index is 0.0118. The van der Waals surface area contributed by atoms with E-state index in [1.54, 1.807) is 6.07 Å². The molecule has 0 amide bonds. The Morgan fingerprint density at radius 1 is 1.13 bits per heavy atom. The van der Waals surface area contributed by atoms with Crippen LogP contribution in [0.25, 0.3) is 10.9 Å². The summed E-state index contributed by atoms with van der Waals surface area (Å²) in [5.74, 6) is -0.251. The van der Waals surface area contributed by atoms with Crippen molar-refractivity contribution in [2.75, 3.05) is 18.2 Å². The van der Waals surface area contributed by atoms with Gasteiger partial charge < -0.3 is 35.9 Å². The first-order chi connectivity index (χ1) is 14.4. The van der Waals surface area contributed by atoms with Crippen LogP contribution < -0.4 is 10.6 Å². The molecule has 3 aromatic rings. The Balaban J connectivity index is 0.00000155. The van der Waals surface area contributed by atoms with Crippen LogP contribution in [0.5, 0.6) is 11.5 Å². The summed E-state index contributed by atoms with van der Waals surface area (Å²) in [4.78, 5) is 1.40. The molecule has 0 atom stereocenters. The van der Waals surface area contributed by atoms with E-state index in [4.69, 9.17) is 16.6 Å². The van der Waals surface area contributed by atoms with Gasteiger partial charge in [-0.3, -0.25) is 5.41 Å². The number of phenolic OH excluding ortho intramolecular Hbond substituents is 2. The SMILES string of the molecule is C=N.CC(C)c1cc(C(=N)N(CO)c2ccc3c(ccn3CCN)c2)c(O)cc1O. The summed E-state index contributed by atoms with van der Waals surface area (Å²) < 4.78 is 2.05. The second-order valence-corrected chi connectivity index (χ2v) is 7.04. The van der Waals surface area contributed by atoms with Gasteiger partial charge in [-0.05, 0) is 48.5 Å². The van der Waals surface area contributed by atoms with Crippen molar-refractivity contribution in [3.63, 3.8) is 0 Å².